The molecule has 1 aromatic carbocycles. The molecule has 0 aliphatic rings. The van der Waals surface area contributed by atoms with E-state index >= 15 is 0 Å². The molecule has 0 aliphatic carbocycles. The number of hydrogen-bond donors (Lipinski definition) is 1. The van der Waals surface area contributed by atoms with Crippen molar-refractivity contribution in [1.29, 1.82) is 0 Å². The fraction of sp³-hybridized carbons (Fsp3) is 0.250. The number of aromatic nitrogens is 1. The third-order valence-corrected chi connectivity index (χ3v) is 3.80. The maximum absolute atomic E-state index is 13.6. The van der Waals surface area contributed by atoms with Gasteiger partial charge in [-0.1, -0.05) is 30.7 Å². The number of benzene rings is 1. The number of aryl methyl sites for hydroxylation is 1. The predicted octanol–water partition coefficient (Wildman–Crippen LogP) is 4.56. The van der Waals surface area contributed by atoms with Crippen LogP contribution in [0.15, 0.2) is 30.6 Å². The van der Waals surface area contributed by atoms with Crippen molar-refractivity contribution in [3.05, 3.63) is 58.1 Å². The van der Waals surface area contributed by atoms with Gasteiger partial charge >= 0.3 is 0 Å². The molecule has 2 aromatic rings. The van der Waals surface area contributed by atoms with Crippen molar-refractivity contribution < 1.29 is 9.18 Å². The van der Waals surface area contributed by atoms with Crippen LogP contribution in [-0.2, 0) is 0 Å². The van der Waals surface area contributed by atoms with E-state index in [1.165, 1.54) is 6.20 Å². The Hall–Kier alpha value is -1.94. The average molecular weight is 307 g/mol. The van der Waals surface area contributed by atoms with Gasteiger partial charge in [0, 0.05) is 5.02 Å². The fourth-order valence-corrected chi connectivity index (χ4v) is 2.29. The van der Waals surface area contributed by atoms with Crippen LogP contribution in [0, 0.1) is 12.7 Å². The molecule has 0 saturated heterocycles. The Morgan fingerprint density at radius 3 is 2.81 bits per heavy atom. The Morgan fingerprint density at radius 2 is 2.19 bits per heavy atom. The number of rotatable bonds is 5. The summed E-state index contributed by atoms with van der Waals surface area (Å²) in [6.45, 7) is 3.94. The Labute approximate surface area is 128 Å². The van der Waals surface area contributed by atoms with E-state index in [9.17, 15) is 9.18 Å². The van der Waals surface area contributed by atoms with Crippen LogP contribution in [-0.4, -0.2) is 11.3 Å². The average Bonchev–Trinajstić information content (AvgIpc) is 2.48. The van der Waals surface area contributed by atoms with Crippen LogP contribution < -0.4 is 5.32 Å². The van der Waals surface area contributed by atoms with Gasteiger partial charge in [0.2, 0.25) is 0 Å². The first-order chi connectivity index (χ1) is 10.1. The number of aldehydes is 1. The summed E-state index contributed by atoms with van der Waals surface area (Å²) in [5, 5.41) is 3.88. The number of carbonyl (C=O) groups excluding carboxylic acids is 1. The Balaban J connectivity index is 2.33. The maximum atomic E-state index is 13.6. The molecule has 0 fully saturated rings. The largest absolute Gasteiger partial charge is 0.376 e. The van der Waals surface area contributed by atoms with Gasteiger partial charge in [0.1, 0.15) is 0 Å². The number of carbonyl (C=O) groups is 1. The maximum Gasteiger partial charge on any atom is 0.155 e. The van der Waals surface area contributed by atoms with Gasteiger partial charge in [0.15, 0.2) is 12.1 Å². The van der Waals surface area contributed by atoms with Crippen LogP contribution in [0.25, 0.3) is 0 Å². The molecule has 3 nitrogen and oxygen atoms in total. The smallest absolute Gasteiger partial charge is 0.155 e. The second-order valence-electron chi connectivity index (χ2n) is 4.81. The van der Waals surface area contributed by atoms with E-state index in [0.717, 1.165) is 23.7 Å². The highest BCUT2D eigenvalue weighted by Gasteiger charge is 2.14. The lowest BCUT2D eigenvalue weighted by molar-refractivity contribution is 0.112. The summed E-state index contributed by atoms with van der Waals surface area (Å²) in [5.41, 5.74) is 2.39. The lowest BCUT2D eigenvalue weighted by atomic mass is 10.0. The summed E-state index contributed by atoms with van der Waals surface area (Å²) in [6.07, 6.45) is 3.76. The molecule has 0 radical (unpaired) electrons. The van der Waals surface area contributed by atoms with Gasteiger partial charge in [-0.15, -0.1) is 0 Å². The monoisotopic (exact) mass is 306 g/mol. The van der Waals surface area contributed by atoms with Gasteiger partial charge in [-0.25, -0.2) is 4.39 Å². The van der Waals surface area contributed by atoms with Crippen molar-refractivity contribution in [2.45, 2.75) is 26.3 Å². The molecule has 0 bridgehead atoms. The van der Waals surface area contributed by atoms with Crippen LogP contribution in [0.2, 0.25) is 5.02 Å². The minimum Gasteiger partial charge on any atom is -0.376 e. The summed E-state index contributed by atoms with van der Waals surface area (Å²) in [4.78, 5) is 14.8. The molecule has 1 N–H and O–H groups in total. The third kappa shape index (κ3) is 3.39. The van der Waals surface area contributed by atoms with Crippen molar-refractivity contribution >= 4 is 23.6 Å². The molecular formula is C16H16ClFN2O. The highest BCUT2D eigenvalue weighted by atomic mass is 35.5. The Morgan fingerprint density at radius 1 is 1.43 bits per heavy atom. The summed E-state index contributed by atoms with van der Waals surface area (Å²) >= 11 is 6.03. The fourth-order valence-electron chi connectivity index (χ4n) is 2.17. The van der Waals surface area contributed by atoms with E-state index in [2.05, 4.69) is 10.3 Å². The van der Waals surface area contributed by atoms with Gasteiger partial charge in [0.05, 0.1) is 29.7 Å². The standard InChI is InChI=1S/C16H16ClFN2O/c1-3-15(11-4-5-13(17)10(2)6-11)20-16-8-19-7-14(18)12(16)9-21/h4-9,15,20H,3H2,1-2H3/t15-/m1/s1. The van der Waals surface area contributed by atoms with E-state index in [4.69, 9.17) is 11.6 Å². The van der Waals surface area contributed by atoms with Crippen LogP contribution in [0.1, 0.15) is 40.9 Å². The first-order valence-corrected chi connectivity index (χ1v) is 7.05. The zero-order valence-electron chi connectivity index (χ0n) is 11.9. The van der Waals surface area contributed by atoms with Crippen molar-refractivity contribution in [2.75, 3.05) is 5.32 Å². The van der Waals surface area contributed by atoms with Gasteiger partial charge in [-0.05, 0) is 30.5 Å². The van der Waals surface area contributed by atoms with Gasteiger partial charge < -0.3 is 5.32 Å². The van der Waals surface area contributed by atoms with E-state index in [-0.39, 0.29) is 11.6 Å². The lowest BCUT2D eigenvalue weighted by Gasteiger charge is -2.20. The predicted molar refractivity (Wildman–Crippen MR) is 82.4 cm³/mol. The molecule has 5 heteroatoms. The molecule has 0 aliphatic heterocycles. The summed E-state index contributed by atoms with van der Waals surface area (Å²) < 4.78 is 13.6. The molecule has 0 spiro atoms. The summed E-state index contributed by atoms with van der Waals surface area (Å²) in [6, 6.07) is 5.69. The van der Waals surface area contributed by atoms with E-state index in [1.807, 2.05) is 32.0 Å². The van der Waals surface area contributed by atoms with E-state index in [0.29, 0.717) is 17.0 Å². The highest BCUT2D eigenvalue weighted by molar-refractivity contribution is 6.31. The molecule has 1 heterocycles. The molecule has 21 heavy (non-hydrogen) atoms. The highest BCUT2D eigenvalue weighted by Crippen LogP contribution is 2.27. The van der Waals surface area contributed by atoms with Gasteiger partial charge in [-0.2, -0.15) is 0 Å². The molecular weight excluding hydrogens is 291 g/mol. The molecule has 110 valence electrons. The topological polar surface area (TPSA) is 42.0 Å². The lowest BCUT2D eigenvalue weighted by Crippen LogP contribution is -2.12. The zero-order chi connectivity index (χ0) is 15.4. The number of hydrogen-bond acceptors (Lipinski definition) is 3. The third-order valence-electron chi connectivity index (χ3n) is 3.38. The summed E-state index contributed by atoms with van der Waals surface area (Å²) in [7, 11) is 0. The number of nitrogens with one attached hydrogen (secondary N) is 1. The second-order valence-corrected chi connectivity index (χ2v) is 5.22. The first kappa shape index (κ1) is 15.4. The van der Waals surface area contributed by atoms with Crippen molar-refractivity contribution in [3.8, 4) is 0 Å². The van der Waals surface area contributed by atoms with Crippen LogP contribution in [0.4, 0.5) is 10.1 Å². The Kier molecular flexibility index (Phi) is 4.91. The zero-order valence-corrected chi connectivity index (χ0v) is 12.6. The second kappa shape index (κ2) is 6.68. The molecule has 0 unspecified atom stereocenters. The first-order valence-electron chi connectivity index (χ1n) is 6.68. The number of halogens is 2. The molecule has 2 rings (SSSR count). The minimum absolute atomic E-state index is 0.00543. The van der Waals surface area contributed by atoms with E-state index in [1.54, 1.807) is 0 Å². The van der Waals surface area contributed by atoms with Crippen molar-refractivity contribution in [2.24, 2.45) is 0 Å². The molecule has 1 atom stereocenters. The van der Waals surface area contributed by atoms with Crippen molar-refractivity contribution in [3.63, 3.8) is 0 Å². The molecule has 1 aromatic heterocycles. The minimum atomic E-state index is -0.628. The Bertz CT molecular complexity index is 661. The van der Waals surface area contributed by atoms with Crippen LogP contribution in [0.3, 0.4) is 0 Å². The molecule has 0 amide bonds. The van der Waals surface area contributed by atoms with Gasteiger partial charge in [0.25, 0.3) is 0 Å². The number of pyridine rings is 1. The number of anilines is 1. The SMILES string of the molecule is CC[C@@H](Nc1cncc(F)c1C=O)c1ccc(Cl)c(C)c1. The van der Waals surface area contributed by atoms with E-state index < -0.39 is 5.82 Å². The van der Waals surface area contributed by atoms with Crippen LogP contribution >= 0.6 is 11.6 Å². The summed E-state index contributed by atoms with van der Waals surface area (Å²) in [5.74, 6) is -0.628. The van der Waals surface area contributed by atoms with Crippen LogP contribution in [0.5, 0.6) is 0 Å². The molecule has 0 saturated carbocycles. The van der Waals surface area contributed by atoms with Crippen molar-refractivity contribution in [1.82, 2.24) is 4.98 Å². The normalized spacial score (nSPS) is 12.0. The quantitative estimate of drug-likeness (QED) is 0.823. The number of nitrogens with zero attached hydrogens (tertiary/aromatic N) is 1. The van der Waals surface area contributed by atoms with Gasteiger partial charge in [-0.3, -0.25) is 9.78 Å².